The number of hydrogen-bond donors (Lipinski definition) is 0. The number of aryl methyl sites for hydroxylation is 1. The highest BCUT2D eigenvalue weighted by Crippen LogP contribution is 2.41. The lowest BCUT2D eigenvalue weighted by Gasteiger charge is -2.23. The lowest BCUT2D eigenvalue weighted by atomic mass is 10.2. The first kappa shape index (κ1) is 15.3. The molecule has 124 valence electrons. The SMILES string of the molecule is CCN(Cc1cc(=O)n2nc(C3CC3)sc2n1)c1cccc(C)c1. The Morgan fingerprint density at radius 3 is 2.88 bits per heavy atom. The second-order valence-electron chi connectivity index (χ2n) is 6.35. The average Bonchev–Trinajstić information content (AvgIpc) is 3.32. The maximum atomic E-state index is 12.4. The molecule has 1 fully saturated rings. The Bertz CT molecular complexity index is 942. The molecule has 0 aliphatic heterocycles. The normalized spacial score (nSPS) is 14.2. The molecule has 4 rings (SSSR count). The van der Waals surface area contributed by atoms with E-state index in [2.05, 4.69) is 53.1 Å². The van der Waals surface area contributed by atoms with Crippen molar-refractivity contribution in [2.75, 3.05) is 11.4 Å². The fourth-order valence-electron chi connectivity index (χ4n) is 2.85. The Kier molecular flexibility index (Phi) is 3.84. The number of nitrogens with zero attached hydrogens (tertiary/aromatic N) is 4. The van der Waals surface area contributed by atoms with E-state index in [0.717, 1.165) is 22.9 Å². The van der Waals surface area contributed by atoms with Crippen LogP contribution in [0.5, 0.6) is 0 Å². The van der Waals surface area contributed by atoms with Crippen LogP contribution in [-0.4, -0.2) is 21.1 Å². The predicted octanol–water partition coefficient (Wildman–Crippen LogP) is 3.36. The van der Waals surface area contributed by atoms with Crippen molar-refractivity contribution in [1.29, 1.82) is 0 Å². The van der Waals surface area contributed by atoms with Gasteiger partial charge in [-0.1, -0.05) is 23.5 Å². The minimum Gasteiger partial charge on any atom is -0.366 e. The van der Waals surface area contributed by atoms with Gasteiger partial charge in [-0.25, -0.2) is 4.98 Å². The van der Waals surface area contributed by atoms with Gasteiger partial charge in [-0.3, -0.25) is 4.79 Å². The van der Waals surface area contributed by atoms with Gasteiger partial charge in [0.1, 0.15) is 5.01 Å². The van der Waals surface area contributed by atoms with Crippen LogP contribution in [0, 0.1) is 6.92 Å². The topological polar surface area (TPSA) is 50.5 Å². The van der Waals surface area contributed by atoms with E-state index in [4.69, 9.17) is 0 Å². The molecule has 1 aliphatic rings. The summed E-state index contributed by atoms with van der Waals surface area (Å²) in [6.07, 6.45) is 2.36. The summed E-state index contributed by atoms with van der Waals surface area (Å²) in [5.41, 5.74) is 3.10. The molecule has 0 saturated heterocycles. The van der Waals surface area contributed by atoms with Gasteiger partial charge in [0, 0.05) is 24.2 Å². The Hall–Kier alpha value is -2.21. The first-order valence-corrected chi connectivity index (χ1v) is 9.17. The highest BCUT2D eigenvalue weighted by Gasteiger charge is 2.28. The molecule has 2 heterocycles. The fraction of sp³-hybridized carbons (Fsp3) is 0.389. The third-order valence-electron chi connectivity index (χ3n) is 4.34. The Balaban J connectivity index is 1.66. The molecular weight excluding hydrogens is 320 g/mol. The van der Waals surface area contributed by atoms with E-state index in [1.165, 1.54) is 22.9 Å². The molecule has 0 amide bonds. The Morgan fingerprint density at radius 1 is 1.33 bits per heavy atom. The van der Waals surface area contributed by atoms with Gasteiger partial charge in [0.05, 0.1) is 12.2 Å². The molecule has 1 aromatic carbocycles. The van der Waals surface area contributed by atoms with Gasteiger partial charge in [-0.2, -0.15) is 9.61 Å². The highest BCUT2D eigenvalue weighted by atomic mass is 32.1. The van der Waals surface area contributed by atoms with Crippen molar-refractivity contribution in [2.24, 2.45) is 0 Å². The molecule has 0 bridgehead atoms. The lowest BCUT2D eigenvalue weighted by molar-refractivity contribution is 0.790. The van der Waals surface area contributed by atoms with E-state index in [9.17, 15) is 4.79 Å². The van der Waals surface area contributed by atoms with Gasteiger partial charge < -0.3 is 4.90 Å². The number of fused-ring (bicyclic) bond motifs is 1. The van der Waals surface area contributed by atoms with E-state index in [1.54, 1.807) is 17.4 Å². The highest BCUT2D eigenvalue weighted by molar-refractivity contribution is 7.16. The van der Waals surface area contributed by atoms with Crippen LogP contribution >= 0.6 is 11.3 Å². The van der Waals surface area contributed by atoms with Crippen molar-refractivity contribution in [3.63, 3.8) is 0 Å². The molecule has 2 aromatic heterocycles. The molecule has 1 aliphatic carbocycles. The molecule has 0 radical (unpaired) electrons. The van der Waals surface area contributed by atoms with Crippen molar-refractivity contribution in [3.05, 3.63) is 57.0 Å². The smallest absolute Gasteiger partial charge is 0.275 e. The summed E-state index contributed by atoms with van der Waals surface area (Å²) in [7, 11) is 0. The first-order chi connectivity index (χ1) is 11.6. The maximum absolute atomic E-state index is 12.4. The molecule has 3 aromatic rings. The number of hydrogen-bond acceptors (Lipinski definition) is 5. The third kappa shape index (κ3) is 2.94. The largest absolute Gasteiger partial charge is 0.366 e. The van der Waals surface area contributed by atoms with Crippen LogP contribution in [0.1, 0.15) is 41.9 Å². The monoisotopic (exact) mass is 340 g/mol. The zero-order valence-corrected chi connectivity index (χ0v) is 14.7. The van der Waals surface area contributed by atoms with E-state index >= 15 is 0 Å². The zero-order valence-electron chi connectivity index (χ0n) is 13.9. The predicted molar refractivity (Wildman–Crippen MR) is 97.0 cm³/mol. The van der Waals surface area contributed by atoms with Gasteiger partial charge in [0.25, 0.3) is 5.56 Å². The molecule has 0 unspecified atom stereocenters. The summed E-state index contributed by atoms with van der Waals surface area (Å²) in [5.74, 6) is 0.541. The Morgan fingerprint density at radius 2 is 2.17 bits per heavy atom. The number of rotatable bonds is 5. The van der Waals surface area contributed by atoms with Crippen molar-refractivity contribution < 1.29 is 0 Å². The summed E-state index contributed by atoms with van der Waals surface area (Å²) in [4.78, 5) is 20.0. The van der Waals surface area contributed by atoms with Gasteiger partial charge >= 0.3 is 0 Å². The summed E-state index contributed by atoms with van der Waals surface area (Å²) in [6, 6.07) is 10.0. The van der Waals surface area contributed by atoms with E-state index in [0.29, 0.717) is 17.4 Å². The molecule has 1 saturated carbocycles. The van der Waals surface area contributed by atoms with Crippen LogP contribution in [0.15, 0.2) is 35.1 Å². The van der Waals surface area contributed by atoms with Crippen LogP contribution in [0.25, 0.3) is 4.96 Å². The second-order valence-corrected chi connectivity index (χ2v) is 7.34. The number of aromatic nitrogens is 3. The molecule has 0 N–H and O–H groups in total. The van der Waals surface area contributed by atoms with Gasteiger partial charge in [0.15, 0.2) is 0 Å². The maximum Gasteiger partial charge on any atom is 0.275 e. The van der Waals surface area contributed by atoms with Crippen LogP contribution in [0.3, 0.4) is 0 Å². The summed E-state index contributed by atoms with van der Waals surface area (Å²) in [6.45, 7) is 5.69. The minimum atomic E-state index is -0.0848. The van der Waals surface area contributed by atoms with Crippen LogP contribution in [0.2, 0.25) is 0 Å². The van der Waals surface area contributed by atoms with Crippen molar-refractivity contribution in [3.8, 4) is 0 Å². The minimum absolute atomic E-state index is 0.0848. The summed E-state index contributed by atoms with van der Waals surface area (Å²) in [5, 5.41) is 5.48. The van der Waals surface area contributed by atoms with Crippen LogP contribution in [-0.2, 0) is 6.54 Å². The molecule has 0 spiro atoms. The van der Waals surface area contributed by atoms with Crippen LogP contribution < -0.4 is 10.5 Å². The van der Waals surface area contributed by atoms with E-state index in [1.807, 2.05) is 0 Å². The first-order valence-electron chi connectivity index (χ1n) is 8.35. The zero-order chi connectivity index (χ0) is 16.7. The standard InChI is InChI=1S/C18H20N4OS/c1-3-21(15-6-4-5-12(2)9-15)11-14-10-16(23)22-18(19-14)24-17(20-22)13-7-8-13/h4-6,9-10,13H,3,7-8,11H2,1-2H3. The fourth-order valence-corrected chi connectivity index (χ4v) is 3.95. The van der Waals surface area contributed by atoms with Gasteiger partial charge in [0.2, 0.25) is 4.96 Å². The molecule has 0 atom stereocenters. The van der Waals surface area contributed by atoms with Crippen molar-refractivity contribution in [1.82, 2.24) is 14.6 Å². The molecule has 6 heteroatoms. The average molecular weight is 340 g/mol. The van der Waals surface area contributed by atoms with Gasteiger partial charge in [-0.15, -0.1) is 0 Å². The molecular formula is C18H20N4OS. The number of benzene rings is 1. The summed E-state index contributed by atoms with van der Waals surface area (Å²) < 4.78 is 1.45. The quantitative estimate of drug-likeness (QED) is 0.714. The van der Waals surface area contributed by atoms with Gasteiger partial charge in [-0.05, 0) is 44.4 Å². The molecule has 24 heavy (non-hydrogen) atoms. The summed E-state index contributed by atoms with van der Waals surface area (Å²) >= 11 is 1.55. The van der Waals surface area contributed by atoms with Crippen molar-refractivity contribution >= 4 is 22.0 Å². The molecule has 5 nitrogen and oxygen atoms in total. The lowest BCUT2D eigenvalue weighted by Crippen LogP contribution is -2.25. The Labute approximate surface area is 144 Å². The number of anilines is 1. The van der Waals surface area contributed by atoms with E-state index < -0.39 is 0 Å². The van der Waals surface area contributed by atoms with Crippen molar-refractivity contribution in [2.45, 2.75) is 39.2 Å². The van der Waals surface area contributed by atoms with E-state index in [-0.39, 0.29) is 5.56 Å². The third-order valence-corrected chi connectivity index (χ3v) is 5.41. The second kappa shape index (κ2) is 6.02. The van der Waals surface area contributed by atoms with Crippen LogP contribution in [0.4, 0.5) is 5.69 Å².